The predicted molar refractivity (Wildman–Crippen MR) is 112 cm³/mol. The molecule has 2 N–H and O–H groups in total. The Hall–Kier alpha value is -3.28. The minimum absolute atomic E-state index is 0.0497. The van der Waals surface area contributed by atoms with E-state index in [1.54, 1.807) is 48.5 Å². The Kier molecular flexibility index (Phi) is 8.27. The predicted octanol–water partition coefficient (Wildman–Crippen LogP) is 4.51. The van der Waals surface area contributed by atoms with Gasteiger partial charge in [-0.3, -0.25) is 4.79 Å². The minimum Gasteiger partial charge on any atom is -0.494 e. The smallest absolute Gasteiger partial charge is 0.352 e. The summed E-state index contributed by atoms with van der Waals surface area (Å²) in [5.41, 5.74) is 0.773. The number of nitrogens with one attached hydrogen (secondary N) is 1. The number of ether oxygens (including phenoxy) is 2. The SMILES string of the molecule is CCCCOc1ccc(C(=O)N/C(=C/c2ccc(OC(C)C)cc2)C(=O)O)cc1. The average Bonchev–Trinajstić information content (AvgIpc) is 2.69. The molecule has 0 fully saturated rings. The summed E-state index contributed by atoms with van der Waals surface area (Å²) in [5.74, 6) is -0.356. The highest BCUT2D eigenvalue weighted by Gasteiger charge is 2.13. The molecule has 1 amide bonds. The maximum Gasteiger partial charge on any atom is 0.352 e. The van der Waals surface area contributed by atoms with Crippen LogP contribution in [0.2, 0.25) is 0 Å². The molecule has 0 aliphatic rings. The molecular weight excluding hydrogens is 370 g/mol. The van der Waals surface area contributed by atoms with Crippen molar-refractivity contribution in [3.63, 3.8) is 0 Å². The van der Waals surface area contributed by atoms with Crippen LogP contribution in [0.15, 0.2) is 54.2 Å². The first kappa shape index (κ1) is 22.0. The first-order valence-electron chi connectivity index (χ1n) is 9.65. The molecule has 0 aliphatic carbocycles. The van der Waals surface area contributed by atoms with Gasteiger partial charge < -0.3 is 19.9 Å². The van der Waals surface area contributed by atoms with E-state index in [-0.39, 0.29) is 11.8 Å². The quantitative estimate of drug-likeness (QED) is 0.455. The van der Waals surface area contributed by atoms with Crippen molar-refractivity contribution in [2.75, 3.05) is 6.61 Å². The van der Waals surface area contributed by atoms with E-state index < -0.39 is 11.9 Å². The van der Waals surface area contributed by atoms with Crippen molar-refractivity contribution in [1.29, 1.82) is 0 Å². The zero-order valence-electron chi connectivity index (χ0n) is 17.0. The fraction of sp³-hybridized carbons (Fsp3) is 0.304. The second-order valence-electron chi connectivity index (χ2n) is 6.78. The summed E-state index contributed by atoms with van der Waals surface area (Å²) in [6, 6.07) is 13.6. The molecule has 0 heterocycles. The van der Waals surface area contributed by atoms with Gasteiger partial charge in [-0.15, -0.1) is 0 Å². The highest BCUT2D eigenvalue weighted by molar-refractivity contribution is 6.02. The fourth-order valence-corrected chi connectivity index (χ4v) is 2.46. The minimum atomic E-state index is -1.22. The maximum absolute atomic E-state index is 12.4. The van der Waals surface area contributed by atoms with Gasteiger partial charge in [0.25, 0.3) is 5.91 Å². The van der Waals surface area contributed by atoms with Gasteiger partial charge in [0, 0.05) is 5.56 Å². The summed E-state index contributed by atoms with van der Waals surface area (Å²) >= 11 is 0. The number of aliphatic carboxylic acids is 1. The molecule has 0 unspecified atom stereocenters. The monoisotopic (exact) mass is 397 g/mol. The third kappa shape index (κ3) is 7.33. The zero-order valence-corrected chi connectivity index (χ0v) is 17.0. The van der Waals surface area contributed by atoms with Crippen molar-refractivity contribution >= 4 is 18.0 Å². The van der Waals surface area contributed by atoms with Gasteiger partial charge >= 0.3 is 5.97 Å². The third-order valence-electron chi connectivity index (χ3n) is 3.92. The van der Waals surface area contributed by atoms with Crippen LogP contribution in [0.5, 0.6) is 11.5 Å². The summed E-state index contributed by atoms with van der Waals surface area (Å²) in [7, 11) is 0. The van der Waals surface area contributed by atoms with Crippen LogP contribution in [0.1, 0.15) is 49.5 Å². The molecule has 0 saturated carbocycles. The van der Waals surface area contributed by atoms with Crippen molar-refractivity contribution in [3.8, 4) is 11.5 Å². The van der Waals surface area contributed by atoms with Crippen LogP contribution in [-0.4, -0.2) is 29.7 Å². The van der Waals surface area contributed by atoms with Gasteiger partial charge in [0.2, 0.25) is 0 Å². The van der Waals surface area contributed by atoms with Crippen molar-refractivity contribution in [1.82, 2.24) is 5.32 Å². The number of carbonyl (C=O) groups is 2. The molecule has 6 heteroatoms. The standard InChI is InChI=1S/C23H27NO5/c1-4-5-14-28-19-12-8-18(9-13-19)22(25)24-21(23(26)27)15-17-6-10-20(11-7-17)29-16(2)3/h6-13,15-16H,4-5,14H2,1-3H3,(H,24,25)(H,26,27)/b21-15+. The molecule has 6 nitrogen and oxygen atoms in total. The maximum atomic E-state index is 12.4. The third-order valence-corrected chi connectivity index (χ3v) is 3.92. The number of carboxylic acid groups (broad SMARTS) is 1. The number of carbonyl (C=O) groups excluding carboxylic acids is 1. The number of hydrogen-bond acceptors (Lipinski definition) is 4. The lowest BCUT2D eigenvalue weighted by Gasteiger charge is -2.10. The Balaban J connectivity index is 2.06. The highest BCUT2D eigenvalue weighted by atomic mass is 16.5. The molecule has 0 aliphatic heterocycles. The Morgan fingerprint density at radius 2 is 1.66 bits per heavy atom. The van der Waals surface area contributed by atoms with Crippen molar-refractivity contribution < 1.29 is 24.2 Å². The Bertz CT molecular complexity index is 839. The first-order valence-corrected chi connectivity index (χ1v) is 9.65. The molecule has 0 atom stereocenters. The molecule has 0 radical (unpaired) electrons. The largest absolute Gasteiger partial charge is 0.494 e. The van der Waals surface area contributed by atoms with Gasteiger partial charge in [-0.1, -0.05) is 25.5 Å². The topological polar surface area (TPSA) is 84.9 Å². The van der Waals surface area contributed by atoms with E-state index in [4.69, 9.17) is 9.47 Å². The lowest BCUT2D eigenvalue weighted by molar-refractivity contribution is -0.132. The van der Waals surface area contributed by atoms with E-state index in [9.17, 15) is 14.7 Å². The van der Waals surface area contributed by atoms with Crippen molar-refractivity contribution in [3.05, 3.63) is 65.4 Å². The van der Waals surface area contributed by atoms with Crippen LogP contribution >= 0.6 is 0 Å². The molecular formula is C23H27NO5. The number of hydrogen-bond donors (Lipinski definition) is 2. The van der Waals surface area contributed by atoms with Gasteiger partial charge in [-0.05, 0) is 68.3 Å². The molecule has 29 heavy (non-hydrogen) atoms. The second kappa shape index (κ2) is 10.9. The molecule has 0 bridgehead atoms. The van der Waals surface area contributed by atoms with Crippen molar-refractivity contribution in [2.45, 2.75) is 39.7 Å². The Morgan fingerprint density at radius 1 is 1.03 bits per heavy atom. The Labute approximate surface area is 171 Å². The van der Waals surface area contributed by atoms with Gasteiger partial charge in [-0.25, -0.2) is 4.79 Å². The molecule has 2 rings (SSSR count). The van der Waals surface area contributed by atoms with Gasteiger partial charge in [0.15, 0.2) is 0 Å². The summed E-state index contributed by atoms with van der Waals surface area (Å²) in [5, 5.41) is 11.9. The number of benzene rings is 2. The van der Waals surface area contributed by atoms with E-state index in [0.717, 1.165) is 12.8 Å². The van der Waals surface area contributed by atoms with E-state index in [2.05, 4.69) is 12.2 Å². The molecule has 154 valence electrons. The molecule has 0 spiro atoms. The number of rotatable bonds is 10. The summed E-state index contributed by atoms with van der Waals surface area (Å²) < 4.78 is 11.1. The normalized spacial score (nSPS) is 11.2. The van der Waals surface area contributed by atoms with Gasteiger partial charge in [0.1, 0.15) is 17.2 Å². The lowest BCUT2D eigenvalue weighted by atomic mass is 10.1. The first-order chi connectivity index (χ1) is 13.9. The summed E-state index contributed by atoms with van der Waals surface area (Å²) in [6.45, 7) is 6.55. The molecule has 2 aromatic carbocycles. The number of unbranched alkanes of at least 4 members (excludes halogenated alkanes) is 1. The summed E-state index contributed by atoms with van der Waals surface area (Å²) in [4.78, 5) is 24.0. The van der Waals surface area contributed by atoms with E-state index in [1.165, 1.54) is 6.08 Å². The van der Waals surface area contributed by atoms with Crippen LogP contribution in [0, 0.1) is 0 Å². The van der Waals surface area contributed by atoms with Crippen LogP contribution in [0.4, 0.5) is 0 Å². The molecule has 0 saturated heterocycles. The van der Waals surface area contributed by atoms with Crippen LogP contribution in [-0.2, 0) is 4.79 Å². The van der Waals surface area contributed by atoms with Crippen LogP contribution in [0.3, 0.4) is 0 Å². The second-order valence-corrected chi connectivity index (χ2v) is 6.78. The molecule has 2 aromatic rings. The van der Waals surface area contributed by atoms with Crippen LogP contribution in [0.25, 0.3) is 6.08 Å². The zero-order chi connectivity index (χ0) is 21.2. The fourth-order valence-electron chi connectivity index (χ4n) is 2.46. The van der Waals surface area contributed by atoms with Gasteiger partial charge in [-0.2, -0.15) is 0 Å². The number of carboxylic acids is 1. The van der Waals surface area contributed by atoms with Crippen LogP contribution < -0.4 is 14.8 Å². The van der Waals surface area contributed by atoms with Crippen molar-refractivity contribution in [2.24, 2.45) is 0 Å². The Morgan fingerprint density at radius 3 is 2.21 bits per heavy atom. The van der Waals surface area contributed by atoms with E-state index >= 15 is 0 Å². The summed E-state index contributed by atoms with van der Waals surface area (Å²) in [6.07, 6.45) is 3.45. The lowest BCUT2D eigenvalue weighted by Crippen LogP contribution is -2.27. The average molecular weight is 397 g/mol. The van der Waals surface area contributed by atoms with Gasteiger partial charge in [0.05, 0.1) is 12.7 Å². The number of amides is 1. The highest BCUT2D eigenvalue weighted by Crippen LogP contribution is 2.16. The van der Waals surface area contributed by atoms with E-state index in [1.807, 2.05) is 13.8 Å². The molecule has 0 aromatic heterocycles. The van der Waals surface area contributed by atoms with E-state index in [0.29, 0.717) is 29.2 Å².